The highest BCUT2D eigenvalue weighted by molar-refractivity contribution is 7.99. The molecule has 1 aliphatic heterocycles. The van der Waals surface area contributed by atoms with Gasteiger partial charge in [0.1, 0.15) is 0 Å². The molecule has 1 saturated heterocycles. The Bertz CT molecular complexity index is 118. The first kappa shape index (κ1) is 6.05. The van der Waals surface area contributed by atoms with Gasteiger partial charge in [-0.1, -0.05) is 0 Å². The third-order valence-corrected chi connectivity index (χ3v) is 4.05. The minimum Gasteiger partial charge on any atom is -0.330 e. The lowest BCUT2D eigenvalue weighted by Crippen LogP contribution is -2.09. The largest absolute Gasteiger partial charge is 0.330 e. The van der Waals surface area contributed by atoms with Gasteiger partial charge in [-0.2, -0.15) is 11.8 Å². The summed E-state index contributed by atoms with van der Waals surface area (Å²) in [7, 11) is 0. The van der Waals surface area contributed by atoms with Crippen LogP contribution in [0.1, 0.15) is 12.8 Å². The molecule has 2 aliphatic rings. The van der Waals surface area contributed by atoms with E-state index >= 15 is 0 Å². The van der Waals surface area contributed by atoms with E-state index in [2.05, 4.69) is 11.8 Å². The van der Waals surface area contributed by atoms with Crippen LogP contribution < -0.4 is 5.73 Å². The van der Waals surface area contributed by atoms with E-state index in [9.17, 15) is 0 Å². The van der Waals surface area contributed by atoms with Gasteiger partial charge in [0.2, 0.25) is 0 Å². The molecule has 2 unspecified atom stereocenters. The number of hydrogen-bond donors (Lipinski definition) is 1. The minimum atomic E-state index is 0.749. The molecule has 2 atom stereocenters. The lowest BCUT2D eigenvalue weighted by atomic mass is 10.0. The summed E-state index contributed by atoms with van der Waals surface area (Å²) in [4.78, 5) is 0. The highest BCUT2D eigenvalue weighted by atomic mass is 32.2. The standard InChI is InChI=1S/C7H13NS/c8-4-6-3-7(6)1-2-9-5-7/h6H,1-5,8H2. The van der Waals surface area contributed by atoms with Crippen LogP contribution in [0.5, 0.6) is 0 Å². The Morgan fingerprint density at radius 2 is 2.56 bits per heavy atom. The van der Waals surface area contributed by atoms with E-state index < -0.39 is 0 Å². The van der Waals surface area contributed by atoms with Crippen molar-refractivity contribution in [3.05, 3.63) is 0 Å². The van der Waals surface area contributed by atoms with Crippen LogP contribution in [-0.2, 0) is 0 Å². The highest BCUT2D eigenvalue weighted by Gasteiger charge is 2.54. The Kier molecular flexibility index (Phi) is 1.27. The molecular formula is C7H13NS. The van der Waals surface area contributed by atoms with Gasteiger partial charge < -0.3 is 5.73 Å². The van der Waals surface area contributed by atoms with Crippen molar-refractivity contribution in [3.8, 4) is 0 Å². The van der Waals surface area contributed by atoms with Gasteiger partial charge in [-0.05, 0) is 42.2 Å². The molecule has 0 amide bonds. The summed E-state index contributed by atoms with van der Waals surface area (Å²) in [6, 6.07) is 0. The van der Waals surface area contributed by atoms with Crippen molar-refractivity contribution in [2.45, 2.75) is 12.8 Å². The van der Waals surface area contributed by atoms with Crippen molar-refractivity contribution in [3.63, 3.8) is 0 Å². The van der Waals surface area contributed by atoms with Gasteiger partial charge >= 0.3 is 0 Å². The van der Waals surface area contributed by atoms with Gasteiger partial charge in [0.25, 0.3) is 0 Å². The Balaban J connectivity index is 1.97. The number of nitrogens with two attached hydrogens (primary N) is 1. The summed E-state index contributed by atoms with van der Waals surface area (Å²) in [6.45, 7) is 0.931. The molecule has 0 radical (unpaired) electrons. The van der Waals surface area contributed by atoms with Crippen molar-refractivity contribution < 1.29 is 0 Å². The van der Waals surface area contributed by atoms with Crippen LogP contribution in [0.4, 0.5) is 0 Å². The molecule has 1 saturated carbocycles. The molecule has 1 nitrogen and oxygen atoms in total. The molecule has 1 spiro atoms. The van der Waals surface area contributed by atoms with Gasteiger partial charge in [-0.3, -0.25) is 0 Å². The SMILES string of the molecule is NCC1CC12CCSC2. The smallest absolute Gasteiger partial charge is 0.000726 e. The second-order valence-corrected chi connectivity index (χ2v) is 4.41. The zero-order chi connectivity index (χ0) is 6.32. The van der Waals surface area contributed by atoms with E-state index in [1.807, 2.05) is 0 Å². The fraction of sp³-hybridized carbons (Fsp3) is 1.00. The molecule has 9 heavy (non-hydrogen) atoms. The third-order valence-electron chi connectivity index (χ3n) is 2.78. The molecule has 2 rings (SSSR count). The van der Waals surface area contributed by atoms with Gasteiger partial charge in [0.15, 0.2) is 0 Å². The Morgan fingerprint density at radius 1 is 1.67 bits per heavy atom. The van der Waals surface area contributed by atoms with Crippen LogP contribution in [0.15, 0.2) is 0 Å². The molecule has 0 aromatic heterocycles. The lowest BCUT2D eigenvalue weighted by molar-refractivity contribution is 0.521. The average molecular weight is 143 g/mol. The second kappa shape index (κ2) is 1.89. The quantitative estimate of drug-likeness (QED) is 0.594. The molecule has 2 heteroatoms. The highest BCUT2D eigenvalue weighted by Crippen LogP contribution is 2.60. The maximum Gasteiger partial charge on any atom is -0.000726 e. The molecule has 0 aromatic rings. The monoisotopic (exact) mass is 143 g/mol. The average Bonchev–Trinajstić information content (AvgIpc) is 2.30. The van der Waals surface area contributed by atoms with Crippen molar-refractivity contribution in [1.82, 2.24) is 0 Å². The molecule has 2 N–H and O–H groups in total. The summed E-state index contributed by atoms with van der Waals surface area (Å²) in [6.07, 6.45) is 2.87. The van der Waals surface area contributed by atoms with Crippen molar-refractivity contribution in [2.75, 3.05) is 18.1 Å². The van der Waals surface area contributed by atoms with E-state index in [1.165, 1.54) is 24.3 Å². The molecule has 2 fully saturated rings. The normalized spacial score (nSPS) is 48.3. The number of thioether (sulfide) groups is 1. The van der Waals surface area contributed by atoms with Crippen LogP contribution in [0, 0.1) is 11.3 Å². The van der Waals surface area contributed by atoms with Crippen LogP contribution in [0.2, 0.25) is 0 Å². The summed E-state index contributed by atoms with van der Waals surface area (Å²) >= 11 is 2.11. The maximum atomic E-state index is 5.58. The van der Waals surface area contributed by atoms with Crippen molar-refractivity contribution >= 4 is 11.8 Å². The fourth-order valence-electron chi connectivity index (χ4n) is 1.87. The van der Waals surface area contributed by atoms with E-state index in [-0.39, 0.29) is 0 Å². The maximum absolute atomic E-state index is 5.58. The first-order valence-electron chi connectivity index (χ1n) is 3.65. The molecule has 1 aliphatic carbocycles. The van der Waals surface area contributed by atoms with E-state index in [0.29, 0.717) is 0 Å². The number of rotatable bonds is 1. The molecule has 52 valence electrons. The zero-order valence-electron chi connectivity index (χ0n) is 5.60. The van der Waals surface area contributed by atoms with Gasteiger partial charge in [-0.15, -0.1) is 0 Å². The molecule has 0 aromatic carbocycles. The van der Waals surface area contributed by atoms with Gasteiger partial charge in [0, 0.05) is 0 Å². The predicted molar refractivity (Wildman–Crippen MR) is 41.5 cm³/mol. The predicted octanol–water partition coefficient (Wildman–Crippen LogP) is 1.09. The summed E-state index contributed by atoms with van der Waals surface area (Å²) in [5.41, 5.74) is 6.33. The van der Waals surface area contributed by atoms with Crippen LogP contribution >= 0.6 is 11.8 Å². The number of hydrogen-bond acceptors (Lipinski definition) is 2. The fourth-order valence-corrected chi connectivity index (χ4v) is 3.47. The Hall–Kier alpha value is 0.310. The van der Waals surface area contributed by atoms with Crippen LogP contribution in [0.25, 0.3) is 0 Å². The molecular weight excluding hydrogens is 130 g/mol. The Morgan fingerprint density at radius 3 is 3.00 bits per heavy atom. The summed E-state index contributed by atoms with van der Waals surface area (Å²) in [5, 5.41) is 0. The first-order valence-corrected chi connectivity index (χ1v) is 4.81. The van der Waals surface area contributed by atoms with Crippen LogP contribution in [0.3, 0.4) is 0 Å². The van der Waals surface area contributed by atoms with E-state index in [1.54, 1.807) is 0 Å². The summed E-state index contributed by atoms with van der Waals surface area (Å²) in [5.74, 6) is 3.68. The lowest BCUT2D eigenvalue weighted by Gasteiger charge is -2.03. The van der Waals surface area contributed by atoms with Gasteiger partial charge in [-0.25, -0.2) is 0 Å². The molecule has 0 bridgehead atoms. The third kappa shape index (κ3) is 0.802. The topological polar surface area (TPSA) is 26.0 Å². The van der Waals surface area contributed by atoms with Crippen molar-refractivity contribution in [2.24, 2.45) is 17.1 Å². The first-order chi connectivity index (χ1) is 4.37. The summed E-state index contributed by atoms with van der Waals surface area (Å²) < 4.78 is 0. The van der Waals surface area contributed by atoms with Crippen molar-refractivity contribution in [1.29, 1.82) is 0 Å². The minimum absolute atomic E-state index is 0.749. The van der Waals surface area contributed by atoms with E-state index in [0.717, 1.165) is 17.9 Å². The second-order valence-electron chi connectivity index (χ2n) is 3.30. The Labute approximate surface area is 60.4 Å². The zero-order valence-corrected chi connectivity index (χ0v) is 6.41. The molecule has 1 heterocycles. The van der Waals surface area contributed by atoms with E-state index in [4.69, 9.17) is 5.73 Å². The van der Waals surface area contributed by atoms with Gasteiger partial charge in [0.05, 0.1) is 0 Å². The van der Waals surface area contributed by atoms with Crippen LogP contribution in [-0.4, -0.2) is 18.1 Å².